The van der Waals surface area contributed by atoms with Gasteiger partial charge in [0.25, 0.3) is 0 Å². The Morgan fingerprint density at radius 3 is 2.71 bits per heavy atom. The van der Waals surface area contributed by atoms with E-state index in [1.807, 2.05) is 0 Å². The molecule has 38 valence electrons. The van der Waals surface area contributed by atoms with Crippen molar-refractivity contribution in [2.45, 2.75) is 0 Å². The third-order valence-electron chi connectivity index (χ3n) is 0.278. The molecule has 7 heavy (non-hydrogen) atoms. The second-order valence-electron chi connectivity index (χ2n) is 0.677. The molecule has 0 aromatic heterocycles. The number of nitrogens with two attached hydrogens (primary N) is 1. The van der Waals surface area contributed by atoms with Crippen molar-refractivity contribution in [1.29, 1.82) is 0 Å². The summed E-state index contributed by atoms with van der Waals surface area (Å²) in [6, 6.07) is 0. The average molecular weight is 134 g/mol. The van der Waals surface area contributed by atoms with Crippen molar-refractivity contribution < 1.29 is 4.57 Å². The second kappa shape index (κ2) is 4.03. The van der Waals surface area contributed by atoms with Crippen molar-refractivity contribution in [2.24, 2.45) is 5.84 Å². The molecule has 0 aromatic carbocycles. The first-order chi connectivity index (χ1) is 3.31. The Kier molecular flexibility index (Phi) is 3.95. The van der Waals surface area contributed by atoms with Crippen LogP contribution in [0.15, 0.2) is 0 Å². The van der Waals surface area contributed by atoms with Gasteiger partial charge in [-0.2, -0.15) is 0 Å². The van der Waals surface area contributed by atoms with Crippen LogP contribution in [-0.2, 0) is 4.57 Å². The first kappa shape index (κ1) is 6.86. The third kappa shape index (κ3) is 3.70. The van der Waals surface area contributed by atoms with Crippen LogP contribution >= 0.6 is 20.1 Å². The molecule has 0 radical (unpaired) electrons. The summed E-state index contributed by atoms with van der Waals surface area (Å²) in [4.78, 5) is 0.164. The van der Waals surface area contributed by atoms with Crippen molar-refractivity contribution in [3.8, 4) is 5.63 Å². The van der Waals surface area contributed by atoms with Crippen molar-refractivity contribution >= 4 is 25.1 Å². The van der Waals surface area contributed by atoms with Crippen LogP contribution in [-0.4, -0.2) is 4.99 Å². The predicted octanol–water partition coefficient (Wildman–Crippen LogP) is 0.0280. The fourth-order valence-corrected chi connectivity index (χ4v) is 0.333. The van der Waals surface area contributed by atoms with Gasteiger partial charge in [0.05, 0.1) is 0 Å². The number of hydrogen-bond donors (Lipinski definition) is 2. The van der Waals surface area contributed by atoms with Gasteiger partial charge in [-0.3, -0.25) is 0 Å². The maximum atomic E-state index is 9.58. The summed E-state index contributed by atoms with van der Waals surface area (Å²) in [6.07, 6.45) is 0. The summed E-state index contributed by atoms with van der Waals surface area (Å²) in [5.74, 6) is 4.76. The fourth-order valence-electron chi connectivity index (χ4n) is 0.0737. The molecule has 0 aliphatic heterocycles. The number of thiocarbonyl (C=S) groups is 1. The SMILES string of the molecule is NNC(=S)C#P=O. The van der Waals surface area contributed by atoms with E-state index in [1.165, 1.54) is 0 Å². The molecule has 3 nitrogen and oxygen atoms in total. The quantitative estimate of drug-likeness (QED) is 0.212. The summed E-state index contributed by atoms with van der Waals surface area (Å²) in [5, 5.41) is 0. The van der Waals surface area contributed by atoms with E-state index < -0.39 is 0 Å². The summed E-state index contributed by atoms with van der Waals surface area (Å²) >= 11 is 4.40. The Labute approximate surface area is 47.4 Å². The van der Waals surface area contributed by atoms with Gasteiger partial charge in [0, 0.05) is 0 Å². The minimum absolute atomic E-state index is 0.164. The Morgan fingerprint density at radius 2 is 2.57 bits per heavy atom. The van der Waals surface area contributed by atoms with Crippen LogP contribution in [0.3, 0.4) is 0 Å². The monoisotopic (exact) mass is 134 g/mol. The summed E-state index contributed by atoms with van der Waals surface area (Å²) < 4.78 is 9.58. The standard InChI is InChI=1S/C2H3N2OPS/c3-4-2(7)1-6-5/h3H2,(H,4,7). The van der Waals surface area contributed by atoms with E-state index in [0.717, 1.165) is 0 Å². The molecule has 5 heteroatoms. The Morgan fingerprint density at radius 1 is 2.00 bits per heavy atom. The number of hydrogen-bond acceptors (Lipinski definition) is 3. The van der Waals surface area contributed by atoms with Gasteiger partial charge in [0.1, 0.15) is 0 Å². The second-order valence-corrected chi connectivity index (χ2v) is 1.49. The molecule has 0 saturated heterocycles. The van der Waals surface area contributed by atoms with Gasteiger partial charge < -0.3 is 0 Å². The maximum absolute atomic E-state index is 9.58. The number of nitrogens with one attached hydrogen (secondary N) is 1. The van der Waals surface area contributed by atoms with E-state index in [-0.39, 0.29) is 12.9 Å². The Bertz CT molecular complexity index is 160. The van der Waals surface area contributed by atoms with Gasteiger partial charge in [0.15, 0.2) is 0 Å². The van der Waals surface area contributed by atoms with Crippen LogP contribution in [0.4, 0.5) is 0 Å². The normalized spacial score (nSPS) is 6.43. The van der Waals surface area contributed by atoms with E-state index in [9.17, 15) is 4.57 Å². The van der Waals surface area contributed by atoms with Crippen LogP contribution in [0.1, 0.15) is 0 Å². The zero-order chi connectivity index (χ0) is 5.70. The molecule has 0 heterocycles. The topological polar surface area (TPSA) is 55.1 Å². The van der Waals surface area contributed by atoms with Gasteiger partial charge in [-0.05, 0) is 0 Å². The fraction of sp³-hybridized carbons (Fsp3) is 0. The molecular weight excluding hydrogens is 131 g/mol. The first-order valence-electron chi connectivity index (χ1n) is 1.40. The van der Waals surface area contributed by atoms with E-state index in [1.54, 1.807) is 0 Å². The summed E-state index contributed by atoms with van der Waals surface area (Å²) in [5.41, 5.74) is 4.29. The first-order valence-corrected chi connectivity index (χ1v) is 2.62. The predicted molar refractivity (Wildman–Crippen MR) is 31.4 cm³/mol. The minimum atomic E-state index is -0.244. The van der Waals surface area contributed by atoms with Crippen LogP contribution in [0.5, 0.6) is 0 Å². The third-order valence-corrected chi connectivity index (χ3v) is 0.964. The molecule has 0 aliphatic rings. The molecule has 3 N–H and O–H groups in total. The van der Waals surface area contributed by atoms with Crippen LogP contribution in [0, 0.1) is 5.63 Å². The van der Waals surface area contributed by atoms with Gasteiger partial charge in [-0.1, -0.05) is 0 Å². The van der Waals surface area contributed by atoms with Crippen LogP contribution in [0.25, 0.3) is 0 Å². The van der Waals surface area contributed by atoms with Crippen LogP contribution in [0.2, 0.25) is 0 Å². The van der Waals surface area contributed by atoms with Gasteiger partial charge in [-0.25, -0.2) is 0 Å². The molecule has 0 bridgehead atoms. The Hall–Kier alpha value is -0.140. The molecule has 0 atom stereocenters. The van der Waals surface area contributed by atoms with Crippen molar-refractivity contribution in [3.63, 3.8) is 0 Å². The molecule has 0 rings (SSSR count). The van der Waals surface area contributed by atoms with Gasteiger partial charge in [-0.15, -0.1) is 0 Å². The van der Waals surface area contributed by atoms with E-state index >= 15 is 0 Å². The Balaban J connectivity index is 3.75. The van der Waals surface area contributed by atoms with Crippen molar-refractivity contribution in [3.05, 3.63) is 0 Å². The average Bonchev–Trinajstić information content (AvgIpc) is 1.68. The van der Waals surface area contributed by atoms with Crippen molar-refractivity contribution in [1.82, 2.24) is 5.43 Å². The zero-order valence-corrected chi connectivity index (χ0v) is 5.05. The van der Waals surface area contributed by atoms with Crippen molar-refractivity contribution in [2.75, 3.05) is 0 Å². The molecule has 0 aromatic rings. The van der Waals surface area contributed by atoms with E-state index in [0.29, 0.717) is 0 Å². The molecule has 0 saturated carbocycles. The summed E-state index contributed by atoms with van der Waals surface area (Å²) in [7, 11) is -0.244. The molecule has 0 aliphatic carbocycles. The van der Waals surface area contributed by atoms with Gasteiger partial charge >= 0.3 is 46.6 Å². The van der Waals surface area contributed by atoms with E-state index in [4.69, 9.17) is 5.84 Å². The molecule has 0 unspecified atom stereocenters. The van der Waals surface area contributed by atoms with Gasteiger partial charge in [0.2, 0.25) is 0 Å². The molecule has 0 spiro atoms. The molecular formula is C2H3N2OPS. The van der Waals surface area contributed by atoms with Crippen LogP contribution < -0.4 is 11.3 Å². The number of hydrazine groups is 1. The molecule has 0 amide bonds. The van der Waals surface area contributed by atoms with E-state index in [2.05, 4.69) is 23.3 Å². The molecule has 0 fully saturated rings. The number of rotatable bonds is 0. The summed E-state index contributed by atoms with van der Waals surface area (Å²) in [6.45, 7) is 0. The zero-order valence-electron chi connectivity index (χ0n) is 3.34.